The van der Waals surface area contributed by atoms with Crippen LogP contribution in [0.15, 0.2) is 112 Å². The molecule has 5 aromatic carbocycles. The van der Waals surface area contributed by atoms with Crippen molar-refractivity contribution in [1.82, 2.24) is 0 Å². The van der Waals surface area contributed by atoms with Crippen molar-refractivity contribution in [3.8, 4) is 0 Å². The normalized spacial score (nSPS) is 11.3. The number of halogens is 1. The molecule has 168 valence electrons. The smallest absolute Gasteiger partial charge is 0.201 e. The van der Waals surface area contributed by atoms with Crippen molar-refractivity contribution in [3.63, 3.8) is 0 Å². The van der Waals surface area contributed by atoms with Crippen molar-refractivity contribution in [2.24, 2.45) is 0 Å². The molecule has 6 rings (SSSR count). The summed E-state index contributed by atoms with van der Waals surface area (Å²) in [6.45, 7) is 0. The summed E-state index contributed by atoms with van der Waals surface area (Å²) < 4.78 is 19.9. The van der Waals surface area contributed by atoms with Crippen molar-refractivity contribution in [3.05, 3.63) is 141 Å². The van der Waals surface area contributed by atoms with Crippen LogP contribution in [0.25, 0.3) is 32.7 Å². The number of fused-ring (bicyclic) bond motifs is 4. The molecule has 0 radical (unpaired) electrons. The van der Waals surface area contributed by atoms with Gasteiger partial charge in [0.2, 0.25) is 5.43 Å². The van der Waals surface area contributed by atoms with Crippen molar-refractivity contribution in [2.75, 3.05) is 0 Å². The van der Waals surface area contributed by atoms with E-state index in [-0.39, 0.29) is 22.2 Å². The van der Waals surface area contributed by atoms with E-state index >= 15 is 0 Å². The van der Waals surface area contributed by atoms with Crippen LogP contribution in [0.2, 0.25) is 0 Å². The minimum atomic E-state index is -0.429. The fourth-order valence-corrected chi connectivity index (χ4v) is 4.63. The molecular weight excluding hydrogens is 439 g/mol. The van der Waals surface area contributed by atoms with Crippen LogP contribution in [0.4, 0.5) is 4.39 Å². The topological polar surface area (TPSA) is 47.3 Å². The van der Waals surface area contributed by atoms with Crippen molar-refractivity contribution < 1.29 is 13.6 Å². The maximum absolute atomic E-state index is 13.7. The summed E-state index contributed by atoms with van der Waals surface area (Å²) in [6.07, 6.45) is 0.567. The lowest BCUT2D eigenvalue weighted by Gasteiger charge is -2.11. The monoisotopic (exact) mass is 458 g/mol. The second kappa shape index (κ2) is 8.33. The molecule has 1 aromatic heterocycles. The highest BCUT2D eigenvalue weighted by atomic mass is 19.1. The van der Waals surface area contributed by atoms with E-state index in [1.54, 1.807) is 12.1 Å². The Balaban J connectivity index is 1.66. The molecule has 0 bridgehead atoms. The van der Waals surface area contributed by atoms with E-state index < -0.39 is 5.82 Å². The molecule has 0 saturated heterocycles. The molecule has 0 amide bonds. The molecule has 0 saturated carbocycles. The van der Waals surface area contributed by atoms with Gasteiger partial charge in [-0.3, -0.25) is 9.59 Å². The number of benzene rings is 5. The van der Waals surface area contributed by atoms with Crippen molar-refractivity contribution >= 4 is 38.5 Å². The Kier molecular flexibility index (Phi) is 5.00. The zero-order valence-electron chi connectivity index (χ0n) is 18.6. The molecule has 0 spiro atoms. The zero-order valence-corrected chi connectivity index (χ0v) is 18.6. The van der Waals surface area contributed by atoms with Gasteiger partial charge in [-0.2, -0.15) is 0 Å². The van der Waals surface area contributed by atoms with E-state index in [4.69, 9.17) is 4.42 Å². The van der Waals surface area contributed by atoms with Crippen LogP contribution < -0.4 is 5.43 Å². The highest BCUT2D eigenvalue weighted by Crippen LogP contribution is 2.30. The van der Waals surface area contributed by atoms with Gasteiger partial charge in [-0.15, -0.1) is 0 Å². The standard InChI is InChI=1S/C31H19FO3/c32-23-13-10-22(11-14-23)29(33)26-17-20(16-19-6-2-1-3-7-19)18-27-28(26)30(34)25-15-12-21-8-4-5-9-24(21)31(25)35-27/h1-15,17-18H,16H2. The predicted molar refractivity (Wildman–Crippen MR) is 137 cm³/mol. The third-order valence-electron chi connectivity index (χ3n) is 6.33. The molecule has 1 heterocycles. The molecule has 0 atom stereocenters. The second-order valence-corrected chi connectivity index (χ2v) is 8.61. The number of ketones is 1. The average molecular weight is 458 g/mol. The van der Waals surface area contributed by atoms with Gasteiger partial charge in [0.15, 0.2) is 5.78 Å². The van der Waals surface area contributed by atoms with Crippen LogP contribution in [0, 0.1) is 5.82 Å². The number of rotatable bonds is 4. The molecule has 0 N–H and O–H groups in total. The lowest BCUT2D eigenvalue weighted by Crippen LogP contribution is -2.11. The van der Waals surface area contributed by atoms with E-state index in [9.17, 15) is 14.0 Å². The zero-order chi connectivity index (χ0) is 23.9. The minimum Gasteiger partial charge on any atom is -0.455 e. The number of hydrogen-bond donors (Lipinski definition) is 0. The van der Waals surface area contributed by atoms with E-state index in [0.717, 1.165) is 21.9 Å². The van der Waals surface area contributed by atoms with Crippen LogP contribution in [0.5, 0.6) is 0 Å². The molecule has 35 heavy (non-hydrogen) atoms. The first-order valence-corrected chi connectivity index (χ1v) is 11.3. The lowest BCUT2D eigenvalue weighted by atomic mass is 9.94. The Morgan fingerprint density at radius 2 is 1.49 bits per heavy atom. The first-order chi connectivity index (χ1) is 17.1. The van der Waals surface area contributed by atoms with Crippen molar-refractivity contribution in [2.45, 2.75) is 6.42 Å². The van der Waals surface area contributed by atoms with Gasteiger partial charge in [0.25, 0.3) is 0 Å². The van der Waals surface area contributed by atoms with Crippen molar-refractivity contribution in [1.29, 1.82) is 0 Å². The third-order valence-corrected chi connectivity index (χ3v) is 6.33. The summed E-state index contributed by atoms with van der Waals surface area (Å²) in [5.41, 5.74) is 3.07. The largest absolute Gasteiger partial charge is 0.455 e. The van der Waals surface area contributed by atoms with Gasteiger partial charge in [0.05, 0.1) is 10.8 Å². The number of carbonyl (C=O) groups excluding carboxylic acids is 1. The summed E-state index contributed by atoms with van der Waals surface area (Å²) >= 11 is 0. The Bertz CT molecular complexity index is 1800. The molecule has 0 aliphatic heterocycles. The highest BCUT2D eigenvalue weighted by Gasteiger charge is 2.20. The molecule has 0 aliphatic carbocycles. The first-order valence-electron chi connectivity index (χ1n) is 11.3. The van der Waals surface area contributed by atoms with Crippen LogP contribution in [-0.4, -0.2) is 5.78 Å². The third kappa shape index (κ3) is 3.69. The lowest BCUT2D eigenvalue weighted by molar-refractivity contribution is 0.104. The van der Waals surface area contributed by atoms with E-state index in [0.29, 0.717) is 28.5 Å². The van der Waals surface area contributed by atoms with Gasteiger partial charge in [-0.05, 0) is 65.4 Å². The van der Waals surface area contributed by atoms with Gasteiger partial charge in [-0.25, -0.2) is 4.39 Å². The van der Waals surface area contributed by atoms with Gasteiger partial charge in [0.1, 0.15) is 17.0 Å². The van der Waals surface area contributed by atoms with Gasteiger partial charge < -0.3 is 4.42 Å². The minimum absolute atomic E-state index is 0.235. The van der Waals surface area contributed by atoms with E-state index in [1.807, 2.05) is 66.7 Å². The molecule has 3 nitrogen and oxygen atoms in total. The fourth-order valence-electron chi connectivity index (χ4n) is 4.63. The number of carbonyl (C=O) groups is 1. The highest BCUT2D eigenvalue weighted by molar-refractivity contribution is 6.17. The maximum Gasteiger partial charge on any atom is 0.201 e. The van der Waals surface area contributed by atoms with E-state index in [2.05, 4.69) is 0 Å². The predicted octanol–water partition coefficient (Wildman–Crippen LogP) is 7.06. The average Bonchev–Trinajstić information content (AvgIpc) is 2.89. The molecule has 0 aliphatic rings. The Labute approximate surface area is 200 Å². The summed E-state index contributed by atoms with van der Waals surface area (Å²) in [7, 11) is 0. The van der Waals surface area contributed by atoms with E-state index in [1.165, 1.54) is 24.3 Å². The summed E-state index contributed by atoms with van der Waals surface area (Å²) in [4.78, 5) is 27.3. The quantitative estimate of drug-likeness (QED) is 0.161. The Morgan fingerprint density at radius 1 is 0.743 bits per heavy atom. The summed E-state index contributed by atoms with van der Waals surface area (Å²) in [5.74, 6) is -0.779. The van der Waals surface area contributed by atoms with Crippen LogP contribution in [0.3, 0.4) is 0 Å². The van der Waals surface area contributed by atoms with Gasteiger partial charge in [0, 0.05) is 16.5 Å². The Morgan fingerprint density at radius 3 is 2.29 bits per heavy atom. The van der Waals surface area contributed by atoms with Crippen LogP contribution >= 0.6 is 0 Å². The molecular formula is C31H19FO3. The summed E-state index contributed by atoms with van der Waals surface area (Å²) in [6, 6.07) is 30.2. The SMILES string of the molecule is O=C(c1ccc(F)cc1)c1cc(Cc2ccccc2)cc2oc3c(ccc4ccccc43)c(=O)c12. The molecule has 0 fully saturated rings. The van der Waals surface area contributed by atoms with Crippen LogP contribution in [0.1, 0.15) is 27.0 Å². The van der Waals surface area contributed by atoms with Crippen LogP contribution in [-0.2, 0) is 6.42 Å². The van der Waals surface area contributed by atoms with Gasteiger partial charge in [-0.1, -0.05) is 60.7 Å². The molecule has 0 unspecified atom stereocenters. The number of hydrogen-bond acceptors (Lipinski definition) is 3. The maximum atomic E-state index is 13.7. The first kappa shape index (κ1) is 21.0. The van der Waals surface area contributed by atoms with Gasteiger partial charge >= 0.3 is 0 Å². The Hall–Kier alpha value is -4.57. The second-order valence-electron chi connectivity index (χ2n) is 8.61. The fraction of sp³-hybridized carbons (Fsp3) is 0.0323. The molecule has 4 heteroatoms. The summed E-state index contributed by atoms with van der Waals surface area (Å²) in [5, 5.41) is 2.45. The molecule has 6 aromatic rings.